The van der Waals surface area contributed by atoms with Gasteiger partial charge in [-0.2, -0.15) is 0 Å². The summed E-state index contributed by atoms with van der Waals surface area (Å²) < 4.78 is 0. The van der Waals surface area contributed by atoms with Crippen molar-refractivity contribution in [3.63, 3.8) is 0 Å². The fourth-order valence-electron chi connectivity index (χ4n) is 5.57. The fourth-order valence-corrected chi connectivity index (χ4v) is 5.57. The highest BCUT2D eigenvalue weighted by Crippen LogP contribution is 2.65. The van der Waals surface area contributed by atoms with Gasteiger partial charge >= 0.3 is 0 Å². The molecule has 4 N–H and O–H groups in total. The zero-order valence-corrected chi connectivity index (χ0v) is 19.9. The van der Waals surface area contributed by atoms with E-state index in [0.717, 1.165) is 0 Å². The summed E-state index contributed by atoms with van der Waals surface area (Å²) in [5, 5.41) is 5.70. The maximum atomic E-state index is 13.3. The number of rotatable bonds is 6. The van der Waals surface area contributed by atoms with Crippen LogP contribution in [0, 0.1) is 28.6 Å². The molecule has 0 radical (unpaired) electrons. The molecule has 0 aromatic carbocycles. The molecular weight excluding hydrogens is 396 g/mol. The summed E-state index contributed by atoms with van der Waals surface area (Å²) >= 11 is 0. The lowest BCUT2D eigenvalue weighted by atomic mass is 9.90. The van der Waals surface area contributed by atoms with Crippen molar-refractivity contribution < 1.29 is 19.2 Å². The highest BCUT2D eigenvalue weighted by atomic mass is 16.2. The molecular formula is C23H38N4O4. The van der Waals surface area contributed by atoms with Crippen molar-refractivity contribution in [3.05, 3.63) is 0 Å². The summed E-state index contributed by atoms with van der Waals surface area (Å²) in [5.74, 6) is -1.22. The monoisotopic (exact) mass is 434 g/mol. The van der Waals surface area contributed by atoms with Crippen LogP contribution in [0.1, 0.15) is 67.7 Å². The van der Waals surface area contributed by atoms with E-state index in [1.165, 1.54) is 0 Å². The second-order valence-corrected chi connectivity index (χ2v) is 12.2. The van der Waals surface area contributed by atoms with Crippen molar-refractivity contribution in [3.8, 4) is 0 Å². The van der Waals surface area contributed by atoms with Gasteiger partial charge in [-0.3, -0.25) is 19.2 Å². The van der Waals surface area contributed by atoms with Gasteiger partial charge in [0.1, 0.15) is 12.1 Å². The third kappa shape index (κ3) is 4.72. The number of hydrogen-bond acceptors (Lipinski definition) is 4. The number of primary amides is 1. The molecule has 3 fully saturated rings. The standard InChI is InChI=1S/C23H38N4O4/c1-21(2,3)10-15(28)27-11-13-16(23(13,6)7)17(27)20(31)25-14(18(24)29)8-12-9-22(4,5)26-19(12)30/h12-14,16-17H,8-11H2,1-7H3,(H2,24,29)(H,25,31)(H,26,30)/t12?,13-,14-,16-,17?/m0/s1. The smallest absolute Gasteiger partial charge is 0.243 e. The molecule has 2 saturated heterocycles. The highest BCUT2D eigenvalue weighted by molar-refractivity contribution is 5.93. The Balaban J connectivity index is 1.74. The first-order valence-electron chi connectivity index (χ1n) is 11.2. The Morgan fingerprint density at radius 2 is 1.84 bits per heavy atom. The van der Waals surface area contributed by atoms with Gasteiger partial charge in [0.2, 0.25) is 23.6 Å². The van der Waals surface area contributed by atoms with E-state index in [-0.39, 0.29) is 58.3 Å². The van der Waals surface area contributed by atoms with Crippen molar-refractivity contribution in [1.82, 2.24) is 15.5 Å². The van der Waals surface area contributed by atoms with E-state index in [2.05, 4.69) is 24.5 Å². The molecule has 1 aliphatic carbocycles. The SMILES string of the molecule is CC(C)(C)CC(=O)N1C[C@H]2[C@@H](C1C(=O)N[C@@H](CC1CC(C)(C)NC1=O)C(N)=O)C2(C)C. The largest absolute Gasteiger partial charge is 0.368 e. The van der Waals surface area contributed by atoms with Gasteiger partial charge in [0, 0.05) is 24.4 Å². The fraction of sp³-hybridized carbons (Fsp3) is 0.826. The molecule has 0 aromatic rings. The summed E-state index contributed by atoms with van der Waals surface area (Å²) in [6, 6.07) is -1.55. The molecule has 0 spiro atoms. The minimum Gasteiger partial charge on any atom is -0.368 e. The van der Waals surface area contributed by atoms with Gasteiger partial charge in [-0.15, -0.1) is 0 Å². The molecule has 2 aliphatic heterocycles. The van der Waals surface area contributed by atoms with Gasteiger partial charge in [-0.05, 0) is 49.4 Å². The predicted molar refractivity (Wildman–Crippen MR) is 116 cm³/mol. The van der Waals surface area contributed by atoms with E-state index < -0.39 is 18.0 Å². The van der Waals surface area contributed by atoms with Crippen LogP contribution in [0.25, 0.3) is 0 Å². The lowest BCUT2D eigenvalue weighted by Gasteiger charge is -2.33. The second-order valence-electron chi connectivity index (χ2n) is 12.2. The Hall–Kier alpha value is -2.12. The van der Waals surface area contributed by atoms with Crippen molar-refractivity contribution in [2.24, 2.45) is 34.3 Å². The van der Waals surface area contributed by atoms with E-state index in [1.807, 2.05) is 34.6 Å². The van der Waals surface area contributed by atoms with Crippen molar-refractivity contribution in [1.29, 1.82) is 0 Å². The molecule has 5 atom stereocenters. The molecule has 2 heterocycles. The number of fused-ring (bicyclic) bond motifs is 1. The van der Waals surface area contributed by atoms with Crippen LogP contribution in [0.4, 0.5) is 0 Å². The highest BCUT2D eigenvalue weighted by Gasteiger charge is 2.69. The molecule has 1 saturated carbocycles. The molecule has 31 heavy (non-hydrogen) atoms. The van der Waals surface area contributed by atoms with Gasteiger partial charge < -0.3 is 21.3 Å². The molecule has 4 amide bonds. The lowest BCUT2D eigenvalue weighted by Crippen LogP contribution is -2.55. The Kier molecular flexibility index (Phi) is 5.68. The van der Waals surface area contributed by atoms with Crippen LogP contribution in [0.3, 0.4) is 0 Å². The van der Waals surface area contributed by atoms with Crippen molar-refractivity contribution in [2.75, 3.05) is 6.54 Å². The number of piperidine rings is 1. The minimum atomic E-state index is -0.947. The van der Waals surface area contributed by atoms with E-state index in [9.17, 15) is 19.2 Å². The van der Waals surface area contributed by atoms with Crippen LogP contribution in [-0.4, -0.2) is 52.7 Å². The maximum absolute atomic E-state index is 13.3. The molecule has 0 aromatic heterocycles. The zero-order chi connectivity index (χ0) is 23.5. The van der Waals surface area contributed by atoms with Gasteiger partial charge in [-0.1, -0.05) is 34.6 Å². The van der Waals surface area contributed by atoms with Gasteiger partial charge in [0.05, 0.1) is 0 Å². The lowest BCUT2D eigenvalue weighted by molar-refractivity contribution is -0.142. The quantitative estimate of drug-likeness (QED) is 0.581. The van der Waals surface area contributed by atoms with Crippen LogP contribution >= 0.6 is 0 Å². The van der Waals surface area contributed by atoms with Crippen LogP contribution in [0.5, 0.6) is 0 Å². The number of hydrogen-bond donors (Lipinski definition) is 3. The first-order chi connectivity index (χ1) is 14.0. The number of nitrogens with two attached hydrogens (primary N) is 1. The molecule has 8 heteroatoms. The average molecular weight is 435 g/mol. The summed E-state index contributed by atoms with van der Waals surface area (Å²) in [5.41, 5.74) is 5.04. The minimum absolute atomic E-state index is 0.0158. The first kappa shape index (κ1) is 23.5. The van der Waals surface area contributed by atoms with Crippen LogP contribution < -0.4 is 16.4 Å². The van der Waals surface area contributed by atoms with Gasteiger partial charge in [0.25, 0.3) is 0 Å². The van der Waals surface area contributed by atoms with Gasteiger partial charge in [0.15, 0.2) is 0 Å². The number of nitrogens with zero attached hydrogens (tertiary/aromatic N) is 1. The molecule has 3 aliphatic rings. The predicted octanol–water partition coefficient (Wildman–Crippen LogP) is 1.18. The molecule has 2 unspecified atom stereocenters. The second kappa shape index (κ2) is 7.48. The Morgan fingerprint density at radius 3 is 2.32 bits per heavy atom. The van der Waals surface area contributed by atoms with Crippen LogP contribution in [-0.2, 0) is 19.2 Å². The summed E-state index contributed by atoms with van der Waals surface area (Å²) in [4.78, 5) is 52.4. The maximum Gasteiger partial charge on any atom is 0.243 e. The van der Waals surface area contributed by atoms with E-state index in [0.29, 0.717) is 19.4 Å². The van der Waals surface area contributed by atoms with E-state index in [1.54, 1.807) is 4.90 Å². The zero-order valence-electron chi connectivity index (χ0n) is 19.9. The number of amides is 4. The molecule has 8 nitrogen and oxygen atoms in total. The average Bonchev–Trinajstić information content (AvgIpc) is 2.91. The van der Waals surface area contributed by atoms with Crippen molar-refractivity contribution in [2.45, 2.75) is 85.4 Å². The molecule has 0 bridgehead atoms. The summed E-state index contributed by atoms with van der Waals surface area (Å²) in [7, 11) is 0. The topological polar surface area (TPSA) is 122 Å². The van der Waals surface area contributed by atoms with E-state index >= 15 is 0 Å². The normalized spacial score (nSPS) is 31.6. The summed E-state index contributed by atoms with van der Waals surface area (Å²) in [6.45, 7) is 14.6. The first-order valence-corrected chi connectivity index (χ1v) is 11.2. The number of carbonyl (C=O) groups is 4. The number of carbonyl (C=O) groups excluding carboxylic acids is 4. The van der Waals surface area contributed by atoms with Crippen LogP contribution in [0.15, 0.2) is 0 Å². The van der Waals surface area contributed by atoms with Crippen LogP contribution in [0.2, 0.25) is 0 Å². The summed E-state index contributed by atoms with van der Waals surface area (Å²) in [6.07, 6.45) is 1.09. The third-order valence-corrected chi connectivity index (χ3v) is 7.25. The Labute approximate surface area is 185 Å². The Bertz CT molecular complexity index is 798. The third-order valence-electron chi connectivity index (χ3n) is 7.25. The van der Waals surface area contributed by atoms with Crippen molar-refractivity contribution >= 4 is 23.6 Å². The van der Waals surface area contributed by atoms with E-state index in [4.69, 9.17) is 5.73 Å². The number of likely N-dealkylation sites (tertiary alicyclic amines) is 1. The number of nitrogens with one attached hydrogen (secondary N) is 2. The van der Waals surface area contributed by atoms with Gasteiger partial charge in [-0.25, -0.2) is 0 Å². The molecule has 3 rings (SSSR count). The molecule has 174 valence electrons. The Morgan fingerprint density at radius 1 is 1.23 bits per heavy atom.